The van der Waals surface area contributed by atoms with Crippen LogP contribution in [0.2, 0.25) is 0 Å². The number of aromatic nitrogens is 1. The zero-order valence-electron chi connectivity index (χ0n) is 11.5. The van der Waals surface area contributed by atoms with Gasteiger partial charge in [-0.1, -0.05) is 18.2 Å². The summed E-state index contributed by atoms with van der Waals surface area (Å²) in [6.07, 6.45) is 1.69. The average Bonchev–Trinajstić information content (AvgIpc) is 2.49. The summed E-state index contributed by atoms with van der Waals surface area (Å²) in [4.78, 5) is 15.7. The van der Waals surface area contributed by atoms with E-state index in [0.717, 1.165) is 0 Å². The predicted molar refractivity (Wildman–Crippen MR) is 76.2 cm³/mol. The van der Waals surface area contributed by atoms with Crippen molar-refractivity contribution in [2.75, 3.05) is 18.9 Å². The molecule has 2 aromatic rings. The number of pyridine rings is 1. The van der Waals surface area contributed by atoms with E-state index in [4.69, 9.17) is 0 Å². The number of benzene rings is 1. The van der Waals surface area contributed by atoms with Crippen molar-refractivity contribution in [3.8, 4) is 0 Å². The molecule has 0 saturated carbocycles. The number of rotatable bonds is 5. The van der Waals surface area contributed by atoms with Gasteiger partial charge in [0.25, 0.3) is 5.91 Å². The van der Waals surface area contributed by atoms with E-state index in [1.54, 1.807) is 18.2 Å². The van der Waals surface area contributed by atoms with Gasteiger partial charge in [0.1, 0.15) is 5.82 Å². The average molecular weight is 291 g/mol. The molecule has 6 heteroatoms. The van der Waals surface area contributed by atoms with Crippen LogP contribution >= 0.6 is 0 Å². The van der Waals surface area contributed by atoms with Gasteiger partial charge < -0.3 is 10.6 Å². The molecule has 1 heterocycles. The molecule has 1 amide bonds. The van der Waals surface area contributed by atoms with Crippen LogP contribution in [0.25, 0.3) is 0 Å². The van der Waals surface area contributed by atoms with Crippen molar-refractivity contribution in [1.29, 1.82) is 0 Å². The van der Waals surface area contributed by atoms with Gasteiger partial charge in [0.15, 0.2) is 11.6 Å². The zero-order chi connectivity index (χ0) is 15.2. The van der Waals surface area contributed by atoms with E-state index < -0.39 is 11.7 Å². The highest BCUT2D eigenvalue weighted by molar-refractivity contribution is 5.95. The zero-order valence-corrected chi connectivity index (χ0v) is 11.5. The lowest BCUT2D eigenvalue weighted by Gasteiger charge is -2.08. The fraction of sp³-hybridized carbons (Fsp3) is 0.200. The third-order valence-electron chi connectivity index (χ3n) is 3.01. The number of nitrogens with zero attached hydrogens (tertiary/aromatic N) is 1. The van der Waals surface area contributed by atoms with Crippen LogP contribution in [0, 0.1) is 11.6 Å². The molecule has 0 aliphatic carbocycles. The summed E-state index contributed by atoms with van der Waals surface area (Å²) in [7, 11) is 1.52. The van der Waals surface area contributed by atoms with Crippen LogP contribution in [-0.4, -0.2) is 24.5 Å². The Balaban J connectivity index is 1.98. The highest BCUT2D eigenvalue weighted by Crippen LogP contribution is 2.14. The minimum atomic E-state index is -0.705. The maximum absolute atomic E-state index is 13.9. The van der Waals surface area contributed by atoms with E-state index >= 15 is 0 Å². The lowest BCUT2D eigenvalue weighted by atomic mass is 10.1. The monoisotopic (exact) mass is 291 g/mol. The molecule has 0 fully saturated rings. The first kappa shape index (κ1) is 14.9. The highest BCUT2D eigenvalue weighted by atomic mass is 19.1. The number of nitrogens with one attached hydrogen (secondary N) is 2. The van der Waals surface area contributed by atoms with Gasteiger partial charge in [-0.2, -0.15) is 0 Å². The molecule has 1 aromatic carbocycles. The molecule has 1 aromatic heterocycles. The fourth-order valence-corrected chi connectivity index (χ4v) is 1.90. The Hall–Kier alpha value is -2.50. The molecule has 0 unspecified atom stereocenters. The molecule has 0 aliphatic heterocycles. The van der Waals surface area contributed by atoms with Crippen molar-refractivity contribution in [2.24, 2.45) is 0 Å². The van der Waals surface area contributed by atoms with Crippen LogP contribution in [-0.2, 0) is 6.42 Å². The fourth-order valence-electron chi connectivity index (χ4n) is 1.90. The van der Waals surface area contributed by atoms with Gasteiger partial charge in [-0.05, 0) is 24.1 Å². The van der Waals surface area contributed by atoms with Crippen LogP contribution in [0.1, 0.15) is 15.9 Å². The lowest BCUT2D eigenvalue weighted by Crippen LogP contribution is -2.27. The van der Waals surface area contributed by atoms with E-state index in [-0.39, 0.29) is 23.7 Å². The summed E-state index contributed by atoms with van der Waals surface area (Å²) in [6.45, 7) is 0.219. The number of hydrogen-bond donors (Lipinski definition) is 2. The molecule has 0 radical (unpaired) electrons. The number of carbonyl (C=O) groups is 1. The summed E-state index contributed by atoms with van der Waals surface area (Å²) in [5, 5.41) is 5.13. The molecular formula is C15H15F2N3O. The second kappa shape index (κ2) is 6.78. The summed E-state index contributed by atoms with van der Waals surface area (Å²) in [6, 6.07) is 7.63. The lowest BCUT2D eigenvalue weighted by molar-refractivity contribution is 0.0950. The molecule has 0 atom stereocenters. The first-order chi connectivity index (χ1) is 10.1. The Morgan fingerprint density at radius 1 is 1.24 bits per heavy atom. The van der Waals surface area contributed by atoms with Crippen LogP contribution in [0.15, 0.2) is 36.5 Å². The quantitative estimate of drug-likeness (QED) is 0.889. The van der Waals surface area contributed by atoms with Crippen molar-refractivity contribution in [3.05, 3.63) is 59.3 Å². The van der Waals surface area contributed by atoms with Crippen molar-refractivity contribution in [2.45, 2.75) is 6.42 Å². The summed E-state index contributed by atoms with van der Waals surface area (Å²) >= 11 is 0. The molecular weight excluding hydrogens is 276 g/mol. The topological polar surface area (TPSA) is 54.0 Å². The normalized spacial score (nSPS) is 10.2. The summed E-state index contributed by atoms with van der Waals surface area (Å²) < 4.78 is 27.3. The van der Waals surface area contributed by atoms with E-state index in [2.05, 4.69) is 15.6 Å². The van der Waals surface area contributed by atoms with Gasteiger partial charge in [-0.3, -0.25) is 4.79 Å². The summed E-state index contributed by atoms with van der Waals surface area (Å²) in [5.74, 6) is -1.57. The molecule has 2 rings (SSSR count). The van der Waals surface area contributed by atoms with E-state index in [1.165, 1.54) is 25.4 Å². The minimum absolute atomic E-state index is 0.0109. The number of hydrogen-bond acceptors (Lipinski definition) is 3. The van der Waals surface area contributed by atoms with E-state index in [1.807, 2.05) is 0 Å². The molecule has 110 valence electrons. The van der Waals surface area contributed by atoms with Crippen LogP contribution in [0.3, 0.4) is 0 Å². The molecule has 0 saturated heterocycles. The number of halogens is 2. The Bertz CT molecular complexity index is 647. The Kier molecular flexibility index (Phi) is 4.81. The van der Waals surface area contributed by atoms with Crippen LogP contribution < -0.4 is 10.6 Å². The maximum Gasteiger partial charge on any atom is 0.254 e. The van der Waals surface area contributed by atoms with Gasteiger partial charge >= 0.3 is 0 Å². The van der Waals surface area contributed by atoms with Gasteiger partial charge in [0, 0.05) is 19.8 Å². The van der Waals surface area contributed by atoms with Crippen molar-refractivity contribution >= 4 is 11.7 Å². The third kappa shape index (κ3) is 3.53. The van der Waals surface area contributed by atoms with Crippen molar-refractivity contribution < 1.29 is 13.6 Å². The maximum atomic E-state index is 13.9. The van der Waals surface area contributed by atoms with Crippen LogP contribution in [0.4, 0.5) is 14.6 Å². The van der Waals surface area contributed by atoms with E-state index in [9.17, 15) is 13.6 Å². The predicted octanol–water partition coefficient (Wildman–Crippen LogP) is 2.37. The van der Waals surface area contributed by atoms with E-state index in [0.29, 0.717) is 12.0 Å². The molecule has 2 N–H and O–H groups in total. The molecule has 0 aliphatic rings. The van der Waals surface area contributed by atoms with Crippen molar-refractivity contribution in [1.82, 2.24) is 10.3 Å². The first-order valence-electron chi connectivity index (χ1n) is 6.47. The van der Waals surface area contributed by atoms with Crippen molar-refractivity contribution in [3.63, 3.8) is 0 Å². The minimum Gasteiger partial charge on any atom is -0.371 e. The molecule has 4 nitrogen and oxygen atoms in total. The number of anilines is 1. The highest BCUT2D eigenvalue weighted by Gasteiger charge is 2.15. The SMILES string of the molecule is CNc1nccc(C(=O)NCCc2ccccc2F)c1F. The smallest absolute Gasteiger partial charge is 0.254 e. The third-order valence-corrected chi connectivity index (χ3v) is 3.01. The van der Waals surface area contributed by atoms with Gasteiger partial charge in [-0.25, -0.2) is 13.8 Å². The summed E-state index contributed by atoms with van der Waals surface area (Å²) in [5.41, 5.74) is 0.409. The Labute approximate surface area is 121 Å². The van der Waals surface area contributed by atoms with Crippen LogP contribution in [0.5, 0.6) is 0 Å². The second-order valence-corrected chi connectivity index (χ2v) is 4.37. The molecule has 21 heavy (non-hydrogen) atoms. The molecule has 0 spiro atoms. The Morgan fingerprint density at radius 3 is 2.71 bits per heavy atom. The Morgan fingerprint density at radius 2 is 2.00 bits per heavy atom. The molecule has 0 bridgehead atoms. The number of carbonyl (C=O) groups excluding carboxylic acids is 1. The largest absolute Gasteiger partial charge is 0.371 e. The number of amides is 1. The van der Waals surface area contributed by atoms with Gasteiger partial charge in [0.2, 0.25) is 0 Å². The second-order valence-electron chi connectivity index (χ2n) is 4.37. The first-order valence-corrected chi connectivity index (χ1v) is 6.47. The van der Waals surface area contributed by atoms with Gasteiger partial charge in [0.05, 0.1) is 5.56 Å². The van der Waals surface area contributed by atoms with Gasteiger partial charge in [-0.15, -0.1) is 0 Å². The standard InChI is InChI=1S/C15H15F2N3O/c1-18-14-13(17)11(7-9-19-14)15(21)20-8-6-10-4-2-3-5-12(10)16/h2-5,7,9H,6,8H2,1H3,(H,18,19)(H,20,21).